The first kappa shape index (κ1) is 11.0. The lowest BCUT2D eigenvalue weighted by molar-refractivity contribution is -0.117. The van der Waals surface area contributed by atoms with Crippen molar-refractivity contribution in [2.45, 2.75) is 12.8 Å². The van der Waals surface area contributed by atoms with Gasteiger partial charge in [0, 0.05) is 11.6 Å². The molecule has 1 amide bonds. The van der Waals surface area contributed by atoms with E-state index < -0.39 is 0 Å². The number of halogens is 2. The van der Waals surface area contributed by atoms with Crippen LogP contribution in [0.25, 0.3) is 0 Å². The maximum atomic E-state index is 12.5. The van der Waals surface area contributed by atoms with Gasteiger partial charge >= 0.3 is 0 Å². The third kappa shape index (κ3) is 2.70. The Bertz CT molecular complexity index is 321. The number of rotatable bonds is 2. The van der Waals surface area contributed by atoms with Crippen LogP contribution in [-0.4, -0.2) is 5.91 Å². The fourth-order valence-electron chi connectivity index (χ4n) is 1.12. The van der Waals surface area contributed by atoms with Crippen LogP contribution in [0.5, 0.6) is 0 Å². The van der Waals surface area contributed by atoms with E-state index in [1.54, 1.807) is 12.1 Å². The van der Waals surface area contributed by atoms with Crippen molar-refractivity contribution in [3.63, 3.8) is 0 Å². The highest BCUT2D eigenvalue weighted by molar-refractivity contribution is 5.93. The van der Waals surface area contributed by atoms with E-state index in [-0.39, 0.29) is 30.0 Å². The largest absolute Gasteiger partial charge is 0.326 e. The lowest BCUT2D eigenvalue weighted by Gasteiger charge is -2.02. The highest BCUT2D eigenvalue weighted by atomic mass is 35.5. The SMILES string of the molecule is Cl.O=C(Nc1ccc(F)cc1)C1CC1. The molecule has 0 atom stereocenters. The quantitative estimate of drug-likeness (QED) is 0.807. The maximum Gasteiger partial charge on any atom is 0.227 e. The molecule has 1 saturated carbocycles. The summed E-state index contributed by atoms with van der Waals surface area (Å²) in [6.07, 6.45) is 1.96. The fourth-order valence-corrected chi connectivity index (χ4v) is 1.12. The van der Waals surface area contributed by atoms with Crippen LogP contribution in [0.4, 0.5) is 10.1 Å². The molecule has 1 aliphatic carbocycles. The summed E-state index contributed by atoms with van der Waals surface area (Å²) < 4.78 is 12.5. The Morgan fingerprint density at radius 2 is 1.86 bits per heavy atom. The summed E-state index contributed by atoms with van der Waals surface area (Å²) in [6, 6.07) is 5.80. The number of benzene rings is 1. The first-order valence-electron chi connectivity index (χ1n) is 4.32. The summed E-state index contributed by atoms with van der Waals surface area (Å²) in [5.74, 6) is -0.0546. The van der Waals surface area contributed by atoms with E-state index in [4.69, 9.17) is 0 Å². The standard InChI is InChI=1S/C10H10FNO.ClH/c11-8-3-5-9(6-4-8)12-10(13)7-1-2-7;/h3-7H,1-2H2,(H,12,13);1H. The van der Waals surface area contributed by atoms with Gasteiger partial charge in [-0.05, 0) is 37.1 Å². The second kappa shape index (κ2) is 4.42. The third-order valence-corrected chi connectivity index (χ3v) is 2.06. The van der Waals surface area contributed by atoms with Gasteiger partial charge in [-0.15, -0.1) is 12.4 Å². The van der Waals surface area contributed by atoms with Gasteiger partial charge in [-0.1, -0.05) is 0 Å². The van der Waals surface area contributed by atoms with E-state index in [2.05, 4.69) is 5.32 Å². The number of carbonyl (C=O) groups excluding carboxylic acids is 1. The molecular weight excluding hydrogens is 205 g/mol. The van der Waals surface area contributed by atoms with Gasteiger partial charge in [0.15, 0.2) is 0 Å². The van der Waals surface area contributed by atoms with Crippen LogP contribution in [0.3, 0.4) is 0 Å². The molecule has 0 aromatic heterocycles. The van der Waals surface area contributed by atoms with E-state index in [1.165, 1.54) is 12.1 Å². The Hall–Kier alpha value is -1.09. The zero-order valence-corrected chi connectivity index (χ0v) is 8.31. The minimum Gasteiger partial charge on any atom is -0.326 e. The van der Waals surface area contributed by atoms with Crippen molar-refractivity contribution in [2.24, 2.45) is 5.92 Å². The number of nitrogens with one attached hydrogen (secondary N) is 1. The molecule has 1 N–H and O–H groups in total. The van der Waals surface area contributed by atoms with Crippen LogP contribution in [0.1, 0.15) is 12.8 Å². The van der Waals surface area contributed by atoms with Gasteiger partial charge in [0.1, 0.15) is 5.82 Å². The normalized spacial score (nSPS) is 14.4. The summed E-state index contributed by atoms with van der Waals surface area (Å²) in [7, 11) is 0. The molecule has 1 aliphatic rings. The Labute approximate surface area is 87.9 Å². The van der Waals surface area contributed by atoms with Gasteiger partial charge < -0.3 is 5.32 Å². The molecule has 0 radical (unpaired) electrons. The van der Waals surface area contributed by atoms with E-state index in [1.807, 2.05) is 0 Å². The highest BCUT2D eigenvalue weighted by Crippen LogP contribution is 2.30. The molecule has 4 heteroatoms. The van der Waals surface area contributed by atoms with Crippen molar-refractivity contribution in [3.8, 4) is 0 Å². The van der Waals surface area contributed by atoms with Gasteiger partial charge in [-0.25, -0.2) is 4.39 Å². The van der Waals surface area contributed by atoms with Gasteiger partial charge in [0.2, 0.25) is 5.91 Å². The molecule has 0 bridgehead atoms. The lowest BCUT2D eigenvalue weighted by atomic mass is 10.3. The summed E-state index contributed by atoms with van der Waals surface area (Å²) >= 11 is 0. The molecule has 0 saturated heterocycles. The van der Waals surface area contributed by atoms with Crippen LogP contribution >= 0.6 is 12.4 Å². The second-order valence-corrected chi connectivity index (χ2v) is 3.27. The lowest BCUT2D eigenvalue weighted by Crippen LogP contribution is -2.12. The summed E-state index contributed by atoms with van der Waals surface area (Å²) in [5.41, 5.74) is 0.665. The Kier molecular flexibility index (Phi) is 3.47. The number of anilines is 1. The van der Waals surface area contributed by atoms with Crippen molar-refractivity contribution in [2.75, 3.05) is 5.32 Å². The molecule has 2 nitrogen and oxygen atoms in total. The van der Waals surface area contributed by atoms with Gasteiger partial charge in [-0.2, -0.15) is 0 Å². The topological polar surface area (TPSA) is 29.1 Å². The van der Waals surface area contributed by atoms with Crippen LogP contribution in [0, 0.1) is 11.7 Å². The van der Waals surface area contributed by atoms with E-state index >= 15 is 0 Å². The number of hydrogen-bond acceptors (Lipinski definition) is 1. The average Bonchev–Trinajstić information content (AvgIpc) is 2.91. The number of amides is 1. The average molecular weight is 216 g/mol. The molecular formula is C10H11ClFNO. The molecule has 1 fully saturated rings. The predicted molar refractivity (Wildman–Crippen MR) is 55.0 cm³/mol. The summed E-state index contributed by atoms with van der Waals surface area (Å²) in [4.78, 5) is 11.3. The number of hydrogen-bond donors (Lipinski definition) is 1. The van der Waals surface area contributed by atoms with Crippen molar-refractivity contribution < 1.29 is 9.18 Å². The minimum absolute atomic E-state index is 0. The smallest absolute Gasteiger partial charge is 0.227 e. The molecule has 1 aromatic carbocycles. The number of carbonyl (C=O) groups is 1. The molecule has 14 heavy (non-hydrogen) atoms. The van der Waals surface area contributed by atoms with Crippen LogP contribution in [-0.2, 0) is 4.79 Å². The summed E-state index contributed by atoms with van der Waals surface area (Å²) in [6.45, 7) is 0. The predicted octanol–water partition coefficient (Wildman–Crippen LogP) is 2.60. The minimum atomic E-state index is -0.288. The molecule has 1 aromatic rings. The third-order valence-electron chi connectivity index (χ3n) is 2.06. The van der Waals surface area contributed by atoms with Gasteiger partial charge in [-0.3, -0.25) is 4.79 Å². The van der Waals surface area contributed by atoms with Crippen molar-refractivity contribution in [1.82, 2.24) is 0 Å². The zero-order valence-electron chi connectivity index (χ0n) is 7.50. The molecule has 0 spiro atoms. The fraction of sp³-hybridized carbons (Fsp3) is 0.300. The van der Waals surface area contributed by atoms with Gasteiger partial charge in [0.25, 0.3) is 0 Å². The van der Waals surface area contributed by atoms with Crippen molar-refractivity contribution in [1.29, 1.82) is 0 Å². The van der Waals surface area contributed by atoms with Crippen LogP contribution < -0.4 is 5.32 Å². The van der Waals surface area contributed by atoms with Gasteiger partial charge in [0.05, 0.1) is 0 Å². The van der Waals surface area contributed by atoms with Crippen molar-refractivity contribution in [3.05, 3.63) is 30.1 Å². The van der Waals surface area contributed by atoms with Crippen LogP contribution in [0.2, 0.25) is 0 Å². The van der Waals surface area contributed by atoms with Crippen LogP contribution in [0.15, 0.2) is 24.3 Å². The molecule has 0 aliphatic heterocycles. The second-order valence-electron chi connectivity index (χ2n) is 3.27. The highest BCUT2D eigenvalue weighted by Gasteiger charge is 2.29. The monoisotopic (exact) mass is 215 g/mol. The Morgan fingerprint density at radius 3 is 2.36 bits per heavy atom. The molecule has 0 heterocycles. The Morgan fingerprint density at radius 1 is 1.29 bits per heavy atom. The van der Waals surface area contributed by atoms with E-state index in [0.29, 0.717) is 5.69 Å². The summed E-state index contributed by atoms with van der Waals surface area (Å²) in [5, 5.41) is 2.73. The van der Waals surface area contributed by atoms with E-state index in [9.17, 15) is 9.18 Å². The molecule has 2 rings (SSSR count). The van der Waals surface area contributed by atoms with E-state index in [0.717, 1.165) is 12.8 Å². The Balaban J connectivity index is 0.000000980. The first-order chi connectivity index (χ1) is 6.25. The zero-order chi connectivity index (χ0) is 9.26. The van der Waals surface area contributed by atoms with Crippen molar-refractivity contribution >= 4 is 24.0 Å². The maximum absolute atomic E-state index is 12.5. The molecule has 0 unspecified atom stereocenters. The molecule has 76 valence electrons. The first-order valence-corrected chi connectivity index (χ1v) is 4.32.